The van der Waals surface area contributed by atoms with Crippen LogP contribution in [-0.4, -0.2) is 42.9 Å². The van der Waals surface area contributed by atoms with Gasteiger partial charge in [-0.3, -0.25) is 9.78 Å². The predicted octanol–water partition coefficient (Wildman–Crippen LogP) is 2.07. The molecule has 6 nitrogen and oxygen atoms in total. The highest BCUT2D eigenvalue weighted by Crippen LogP contribution is 2.17. The first-order valence-corrected chi connectivity index (χ1v) is 7.93. The molecule has 0 bridgehead atoms. The number of benzene rings is 1. The van der Waals surface area contributed by atoms with Crippen molar-refractivity contribution in [3.8, 4) is 0 Å². The minimum absolute atomic E-state index is 0.320. The zero-order chi connectivity index (χ0) is 16.8. The largest absolute Gasteiger partial charge is 0.378 e. The zero-order valence-corrected chi connectivity index (χ0v) is 13.6. The molecule has 1 amide bonds. The SMILES string of the molecule is C/C(=N/NC(=O)c1ccccn1)c1ccc(N2CCOCC2)cc1. The molecule has 0 spiro atoms. The van der Waals surface area contributed by atoms with Gasteiger partial charge in [0.2, 0.25) is 0 Å². The van der Waals surface area contributed by atoms with Crippen LogP contribution in [0.5, 0.6) is 0 Å². The van der Waals surface area contributed by atoms with Crippen molar-refractivity contribution in [3.63, 3.8) is 0 Å². The third-order valence-electron chi connectivity index (χ3n) is 3.88. The quantitative estimate of drug-likeness (QED) is 0.691. The molecule has 2 heterocycles. The Morgan fingerprint density at radius 2 is 1.92 bits per heavy atom. The number of anilines is 1. The van der Waals surface area contributed by atoms with Gasteiger partial charge in [0.05, 0.1) is 18.9 Å². The molecule has 0 unspecified atom stereocenters. The normalized spacial score (nSPS) is 15.2. The van der Waals surface area contributed by atoms with Crippen LogP contribution in [-0.2, 0) is 4.74 Å². The maximum Gasteiger partial charge on any atom is 0.289 e. The molecule has 1 aliphatic heterocycles. The van der Waals surface area contributed by atoms with Gasteiger partial charge in [0.1, 0.15) is 5.69 Å². The number of nitrogens with zero attached hydrogens (tertiary/aromatic N) is 3. The second-order valence-corrected chi connectivity index (χ2v) is 5.50. The number of hydrogen-bond acceptors (Lipinski definition) is 5. The molecular weight excluding hydrogens is 304 g/mol. The summed E-state index contributed by atoms with van der Waals surface area (Å²) in [5.41, 5.74) is 5.76. The Morgan fingerprint density at radius 1 is 1.17 bits per heavy atom. The lowest BCUT2D eigenvalue weighted by Crippen LogP contribution is -2.36. The Morgan fingerprint density at radius 3 is 2.58 bits per heavy atom. The van der Waals surface area contributed by atoms with E-state index in [9.17, 15) is 4.79 Å². The van der Waals surface area contributed by atoms with Crippen molar-refractivity contribution in [1.82, 2.24) is 10.4 Å². The number of hydrogen-bond donors (Lipinski definition) is 1. The number of nitrogens with one attached hydrogen (secondary N) is 1. The maximum absolute atomic E-state index is 11.9. The molecule has 0 aliphatic carbocycles. The molecule has 1 saturated heterocycles. The summed E-state index contributed by atoms with van der Waals surface area (Å²) in [5, 5.41) is 4.16. The van der Waals surface area contributed by atoms with Gasteiger partial charge in [0.25, 0.3) is 5.91 Å². The van der Waals surface area contributed by atoms with Crippen LogP contribution in [0.25, 0.3) is 0 Å². The van der Waals surface area contributed by atoms with Crippen molar-refractivity contribution in [2.75, 3.05) is 31.2 Å². The summed E-state index contributed by atoms with van der Waals surface area (Å²) in [6.07, 6.45) is 1.58. The van der Waals surface area contributed by atoms with E-state index in [1.54, 1.807) is 24.4 Å². The van der Waals surface area contributed by atoms with Crippen LogP contribution < -0.4 is 10.3 Å². The van der Waals surface area contributed by atoms with Gasteiger partial charge < -0.3 is 9.64 Å². The summed E-state index contributed by atoms with van der Waals surface area (Å²) in [6.45, 7) is 5.21. The molecule has 124 valence electrons. The average Bonchev–Trinajstić information content (AvgIpc) is 2.67. The van der Waals surface area contributed by atoms with Crippen LogP contribution >= 0.6 is 0 Å². The van der Waals surface area contributed by atoms with Crippen LogP contribution in [0.2, 0.25) is 0 Å². The third kappa shape index (κ3) is 3.97. The highest BCUT2D eigenvalue weighted by molar-refractivity contribution is 6.00. The molecule has 1 aromatic heterocycles. The number of aromatic nitrogens is 1. The lowest BCUT2D eigenvalue weighted by Gasteiger charge is -2.28. The first-order valence-electron chi connectivity index (χ1n) is 7.93. The number of carbonyl (C=O) groups is 1. The molecule has 0 radical (unpaired) electrons. The first kappa shape index (κ1) is 16.1. The Balaban J connectivity index is 1.64. The van der Waals surface area contributed by atoms with E-state index in [4.69, 9.17) is 4.74 Å². The van der Waals surface area contributed by atoms with Crippen molar-refractivity contribution < 1.29 is 9.53 Å². The number of pyridine rings is 1. The molecule has 24 heavy (non-hydrogen) atoms. The van der Waals surface area contributed by atoms with Gasteiger partial charge >= 0.3 is 0 Å². The topological polar surface area (TPSA) is 66.8 Å². The fourth-order valence-electron chi connectivity index (χ4n) is 2.49. The van der Waals surface area contributed by atoms with Crippen LogP contribution in [0.3, 0.4) is 0 Å². The minimum Gasteiger partial charge on any atom is -0.378 e. The van der Waals surface area contributed by atoms with E-state index in [0.29, 0.717) is 5.69 Å². The Hall–Kier alpha value is -2.73. The van der Waals surface area contributed by atoms with Gasteiger partial charge in [0, 0.05) is 25.0 Å². The molecule has 1 aliphatic rings. The monoisotopic (exact) mass is 324 g/mol. The Bertz CT molecular complexity index is 708. The van der Waals surface area contributed by atoms with E-state index in [1.807, 2.05) is 19.1 Å². The predicted molar refractivity (Wildman–Crippen MR) is 93.4 cm³/mol. The smallest absolute Gasteiger partial charge is 0.289 e. The summed E-state index contributed by atoms with van der Waals surface area (Å²) < 4.78 is 5.37. The number of ether oxygens (including phenoxy) is 1. The minimum atomic E-state index is -0.320. The molecule has 3 rings (SSSR count). The molecule has 0 saturated carbocycles. The Kier molecular flexibility index (Phi) is 5.18. The third-order valence-corrected chi connectivity index (χ3v) is 3.88. The average molecular weight is 324 g/mol. The fraction of sp³-hybridized carbons (Fsp3) is 0.278. The van der Waals surface area contributed by atoms with Gasteiger partial charge in [-0.05, 0) is 36.8 Å². The molecule has 2 aromatic rings. The van der Waals surface area contributed by atoms with Gasteiger partial charge in [-0.2, -0.15) is 5.10 Å². The van der Waals surface area contributed by atoms with E-state index >= 15 is 0 Å². The summed E-state index contributed by atoms with van der Waals surface area (Å²) in [4.78, 5) is 18.2. The van der Waals surface area contributed by atoms with Gasteiger partial charge in [-0.25, -0.2) is 5.43 Å². The first-order chi connectivity index (χ1) is 11.7. The van der Waals surface area contributed by atoms with Crippen molar-refractivity contribution in [2.45, 2.75) is 6.92 Å². The standard InChI is InChI=1S/C18H20N4O2/c1-14(20-21-18(23)17-4-2-3-9-19-17)15-5-7-16(8-6-15)22-10-12-24-13-11-22/h2-9H,10-13H2,1H3,(H,21,23)/b20-14-. The summed E-state index contributed by atoms with van der Waals surface area (Å²) in [6, 6.07) is 13.3. The zero-order valence-electron chi connectivity index (χ0n) is 13.6. The van der Waals surface area contributed by atoms with E-state index in [-0.39, 0.29) is 5.91 Å². The van der Waals surface area contributed by atoms with E-state index in [2.05, 4.69) is 32.5 Å². The number of morpholine rings is 1. The number of rotatable bonds is 4. The van der Waals surface area contributed by atoms with E-state index in [0.717, 1.165) is 37.6 Å². The maximum atomic E-state index is 11.9. The number of carbonyl (C=O) groups excluding carboxylic acids is 1. The second kappa shape index (κ2) is 7.70. The van der Waals surface area contributed by atoms with Crippen molar-refractivity contribution >= 4 is 17.3 Å². The van der Waals surface area contributed by atoms with Crippen LogP contribution in [0.4, 0.5) is 5.69 Å². The fourth-order valence-corrected chi connectivity index (χ4v) is 2.49. The molecule has 1 N–H and O–H groups in total. The molecule has 0 atom stereocenters. The lowest BCUT2D eigenvalue weighted by molar-refractivity contribution is 0.0950. The van der Waals surface area contributed by atoms with Crippen molar-refractivity contribution in [1.29, 1.82) is 0 Å². The number of amides is 1. The summed E-state index contributed by atoms with van der Waals surface area (Å²) >= 11 is 0. The van der Waals surface area contributed by atoms with Crippen LogP contribution in [0, 0.1) is 0 Å². The summed E-state index contributed by atoms with van der Waals surface area (Å²) in [5.74, 6) is -0.320. The molecule has 6 heteroatoms. The van der Waals surface area contributed by atoms with Crippen molar-refractivity contribution in [3.05, 3.63) is 59.9 Å². The molecular formula is C18H20N4O2. The van der Waals surface area contributed by atoms with Crippen LogP contribution in [0.1, 0.15) is 23.0 Å². The second-order valence-electron chi connectivity index (χ2n) is 5.50. The highest BCUT2D eigenvalue weighted by Gasteiger charge is 2.11. The van der Waals surface area contributed by atoms with Gasteiger partial charge in [-0.1, -0.05) is 18.2 Å². The van der Waals surface area contributed by atoms with Crippen LogP contribution in [0.15, 0.2) is 53.8 Å². The molecule has 1 fully saturated rings. The summed E-state index contributed by atoms with van der Waals surface area (Å²) in [7, 11) is 0. The van der Waals surface area contributed by atoms with E-state index < -0.39 is 0 Å². The van der Waals surface area contributed by atoms with Gasteiger partial charge in [0.15, 0.2) is 0 Å². The van der Waals surface area contributed by atoms with Gasteiger partial charge in [-0.15, -0.1) is 0 Å². The van der Waals surface area contributed by atoms with Crippen molar-refractivity contribution in [2.24, 2.45) is 5.10 Å². The number of hydrazone groups is 1. The Labute approximate surface area is 141 Å². The lowest BCUT2D eigenvalue weighted by atomic mass is 10.1. The highest BCUT2D eigenvalue weighted by atomic mass is 16.5. The van der Waals surface area contributed by atoms with E-state index in [1.165, 1.54) is 5.69 Å². The molecule has 1 aromatic carbocycles.